The fraction of sp³-hybridized carbons (Fsp3) is 0.211. The Morgan fingerprint density at radius 1 is 1.15 bits per heavy atom. The Balaban J connectivity index is 1.61. The Hall–Kier alpha value is -3.00. The molecule has 1 atom stereocenters. The number of methoxy groups -OCH3 is 2. The van der Waals surface area contributed by atoms with Gasteiger partial charge < -0.3 is 20.1 Å². The van der Waals surface area contributed by atoms with Crippen molar-refractivity contribution in [1.82, 2.24) is 5.32 Å². The Morgan fingerprint density at radius 2 is 1.85 bits per heavy atom. The van der Waals surface area contributed by atoms with Crippen LogP contribution in [0.15, 0.2) is 53.5 Å². The van der Waals surface area contributed by atoms with E-state index in [4.69, 9.17) is 9.47 Å². The van der Waals surface area contributed by atoms with Crippen LogP contribution in [0.5, 0.6) is 11.5 Å². The maximum atomic E-state index is 12.3. The first-order valence-electron chi connectivity index (χ1n) is 8.21. The summed E-state index contributed by atoms with van der Waals surface area (Å²) in [7, 11) is 3.14. The summed E-state index contributed by atoms with van der Waals surface area (Å²) >= 11 is 1.24. The number of nitrogens with zero attached hydrogens (tertiary/aromatic N) is 1. The van der Waals surface area contributed by atoms with Gasteiger partial charge in [0.05, 0.1) is 19.9 Å². The van der Waals surface area contributed by atoms with Crippen LogP contribution in [0.4, 0.5) is 11.4 Å². The molecule has 8 heteroatoms. The molecule has 0 aliphatic carbocycles. The van der Waals surface area contributed by atoms with E-state index in [0.717, 1.165) is 0 Å². The Bertz CT molecular complexity index is 885. The summed E-state index contributed by atoms with van der Waals surface area (Å²) in [5, 5.41) is 5.42. The van der Waals surface area contributed by atoms with Crippen LogP contribution in [-0.4, -0.2) is 36.5 Å². The molecule has 0 bridgehead atoms. The summed E-state index contributed by atoms with van der Waals surface area (Å²) in [5.41, 5.74) is 1.28. The summed E-state index contributed by atoms with van der Waals surface area (Å²) in [6.07, 6.45) is 0.0465. The molecule has 27 heavy (non-hydrogen) atoms. The van der Waals surface area contributed by atoms with Crippen LogP contribution >= 0.6 is 11.8 Å². The third-order valence-corrected chi connectivity index (χ3v) is 4.87. The zero-order chi connectivity index (χ0) is 19.2. The number of hydrogen-bond donors (Lipinski definition) is 2. The van der Waals surface area contributed by atoms with Gasteiger partial charge in [0.15, 0.2) is 5.17 Å². The van der Waals surface area contributed by atoms with E-state index in [1.165, 1.54) is 11.8 Å². The first kappa shape index (κ1) is 18.8. The van der Waals surface area contributed by atoms with E-state index in [9.17, 15) is 9.59 Å². The smallest absolute Gasteiger partial charge is 0.240 e. The van der Waals surface area contributed by atoms with Crippen molar-refractivity contribution in [1.29, 1.82) is 0 Å². The van der Waals surface area contributed by atoms with Crippen molar-refractivity contribution in [3.05, 3.63) is 48.5 Å². The Labute approximate surface area is 161 Å². The number of carbonyl (C=O) groups is 2. The monoisotopic (exact) mass is 385 g/mol. The number of carbonyl (C=O) groups excluding carboxylic acids is 2. The molecule has 2 aromatic carbocycles. The van der Waals surface area contributed by atoms with Gasteiger partial charge in [0.1, 0.15) is 16.7 Å². The molecule has 2 N–H and O–H groups in total. The van der Waals surface area contributed by atoms with Crippen molar-refractivity contribution in [2.75, 3.05) is 19.5 Å². The van der Waals surface area contributed by atoms with Gasteiger partial charge in [-0.1, -0.05) is 23.9 Å². The summed E-state index contributed by atoms with van der Waals surface area (Å²) in [6.45, 7) is 0. The number of aliphatic imine (C=N–C) groups is 1. The molecule has 2 aromatic rings. The van der Waals surface area contributed by atoms with Crippen LogP contribution in [0, 0.1) is 0 Å². The second kappa shape index (κ2) is 8.59. The lowest BCUT2D eigenvalue weighted by molar-refractivity contribution is -0.122. The summed E-state index contributed by atoms with van der Waals surface area (Å²) in [4.78, 5) is 28.8. The second-order valence-electron chi connectivity index (χ2n) is 5.70. The molecule has 1 fully saturated rings. The zero-order valence-corrected chi connectivity index (χ0v) is 15.7. The number of thioether (sulfide) groups is 1. The van der Waals surface area contributed by atoms with E-state index in [0.29, 0.717) is 28.0 Å². The average Bonchev–Trinajstić information content (AvgIpc) is 3.00. The minimum absolute atomic E-state index is 0.0465. The molecule has 140 valence electrons. The number of anilines is 1. The van der Waals surface area contributed by atoms with Crippen LogP contribution in [0.3, 0.4) is 0 Å². The predicted molar refractivity (Wildman–Crippen MR) is 106 cm³/mol. The average molecular weight is 385 g/mol. The van der Waals surface area contributed by atoms with Crippen molar-refractivity contribution in [3.63, 3.8) is 0 Å². The molecule has 2 amide bonds. The molecule has 0 saturated carbocycles. The van der Waals surface area contributed by atoms with Gasteiger partial charge in [0, 0.05) is 24.2 Å². The molecule has 0 unspecified atom stereocenters. The highest BCUT2D eigenvalue weighted by Gasteiger charge is 2.32. The number of amides is 2. The molecule has 1 aliphatic heterocycles. The number of nitrogens with one attached hydrogen (secondary N) is 2. The number of benzene rings is 2. The van der Waals surface area contributed by atoms with E-state index < -0.39 is 5.25 Å². The third-order valence-electron chi connectivity index (χ3n) is 3.78. The molecule has 7 nitrogen and oxygen atoms in total. The topological polar surface area (TPSA) is 89.0 Å². The van der Waals surface area contributed by atoms with Crippen molar-refractivity contribution < 1.29 is 19.1 Å². The fourth-order valence-corrected chi connectivity index (χ4v) is 3.46. The highest BCUT2D eigenvalue weighted by Crippen LogP contribution is 2.27. The van der Waals surface area contributed by atoms with Crippen LogP contribution in [-0.2, 0) is 9.59 Å². The minimum Gasteiger partial charge on any atom is -0.497 e. The Morgan fingerprint density at radius 3 is 2.59 bits per heavy atom. The summed E-state index contributed by atoms with van der Waals surface area (Å²) < 4.78 is 10.3. The largest absolute Gasteiger partial charge is 0.497 e. The lowest BCUT2D eigenvalue weighted by Crippen LogP contribution is -2.28. The lowest BCUT2D eigenvalue weighted by atomic mass is 10.2. The maximum Gasteiger partial charge on any atom is 0.240 e. The third kappa shape index (κ3) is 5.01. The van der Waals surface area contributed by atoms with Crippen LogP contribution in [0.1, 0.15) is 6.42 Å². The molecule has 0 radical (unpaired) electrons. The van der Waals surface area contributed by atoms with Crippen molar-refractivity contribution >= 4 is 40.1 Å². The fourth-order valence-electron chi connectivity index (χ4n) is 2.47. The molecule has 1 aliphatic rings. The number of hydrogen-bond acceptors (Lipinski definition) is 6. The zero-order valence-electron chi connectivity index (χ0n) is 14.9. The van der Waals surface area contributed by atoms with E-state index in [2.05, 4.69) is 15.6 Å². The van der Waals surface area contributed by atoms with Gasteiger partial charge in [0.25, 0.3) is 0 Å². The molecule has 0 aromatic heterocycles. The van der Waals surface area contributed by atoms with Gasteiger partial charge in [-0.15, -0.1) is 0 Å². The van der Waals surface area contributed by atoms with Crippen LogP contribution in [0.25, 0.3) is 0 Å². The van der Waals surface area contributed by atoms with Gasteiger partial charge in [-0.25, -0.2) is 4.99 Å². The molecular weight excluding hydrogens is 366 g/mol. The van der Waals surface area contributed by atoms with E-state index in [-0.39, 0.29) is 18.2 Å². The summed E-state index contributed by atoms with van der Waals surface area (Å²) in [5.74, 6) is 0.842. The number of amidine groups is 1. The van der Waals surface area contributed by atoms with Gasteiger partial charge in [0.2, 0.25) is 11.8 Å². The lowest BCUT2D eigenvalue weighted by Gasteiger charge is -2.08. The van der Waals surface area contributed by atoms with Gasteiger partial charge in [-0.3, -0.25) is 9.59 Å². The predicted octanol–water partition coefficient (Wildman–Crippen LogP) is 2.95. The molecule has 1 heterocycles. The Kier molecular flexibility index (Phi) is 5.97. The first-order valence-corrected chi connectivity index (χ1v) is 9.09. The van der Waals surface area contributed by atoms with Crippen molar-refractivity contribution in [2.45, 2.75) is 11.7 Å². The van der Waals surface area contributed by atoms with Crippen LogP contribution in [0.2, 0.25) is 0 Å². The second-order valence-corrected chi connectivity index (χ2v) is 6.89. The highest BCUT2D eigenvalue weighted by atomic mass is 32.2. The van der Waals surface area contributed by atoms with Crippen LogP contribution < -0.4 is 20.1 Å². The van der Waals surface area contributed by atoms with E-state index in [1.807, 2.05) is 18.2 Å². The van der Waals surface area contributed by atoms with Gasteiger partial charge in [-0.2, -0.15) is 0 Å². The SMILES string of the molecule is COc1cccc(N=C2NC(=O)[C@@H](CC(=O)Nc3cccc(OC)c3)S2)c1. The summed E-state index contributed by atoms with van der Waals surface area (Å²) in [6, 6.07) is 14.3. The molecule has 1 saturated heterocycles. The minimum atomic E-state index is -0.528. The standard InChI is InChI=1S/C19H19N3O4S/c1-25-14-7-3-5-12(9-14)20-17(23)11-16-18(24)22-19(27-16)21-13-6-4-8-15(10-13)26-2/h3-10,16H,11H2,1-2H3,(H,20,23)(H,21,22,24)/t16-/m1/s1. The first-order chi connectivity index (χ1) is 13.1. The number of rotatable bonds is 6. The van der Waals surface area contributed by atoms with Gasteiger partial charge >= 0.3 is 0 Å². The van der Waals surface area contributed by atoms with Crippen molar-refractivity contribution in [2.24, 2.45) is 4.99 Å². The molecular formula is C19H19N3O4S. The van der Waals surface area contributed by atoms with E-state index >= 15 is 0 Å². The quantitative estimate of drug-likeness (QED) is 0.798. The molecule has 3 rings (SSSR count). The number of ether oxygens (including phenoxy) is 2. The highest BCUT2D eigenvalue weighted by molar-refractivity contribution is 8.15. The van der Waals surface area contributed by atoms with Gasteiger partial charge in [-0.05, 0) is 24.3 Å². The van der Waals surface area contributed by atoms with E-state index in [1.54, 1.807) is 44.6 Å². The maximum absolute atomic E-state index is 12.3. The molecule has 0 spiro atoms. The normalized spacial score (nSPS) is 17.5. The van der Waals surface area contributed by atoms with Crippen molar-refractivity contribution in [3.8, 4) is 11.5 Å².